The molecule has 0 spiro atoms. The van der Waals surface area contributed by atoms with Crippen LogP contribution in [0.2, 0.25) is 5.02 Å². The molecule has 1 saturated heterocycles. The van der Waals surface area contributed by atoms with Crippen LogP contribution in [0.25, 0.3) is 16.8 Å². The van der Waals surface area contributed by atoms with Crippen molar-refractivity contribution in [1.82, 2.24) is 19.5 Å². The zero-order chi connectivity index (χ0) is 22.8. The maximum atomic E-state index is 9.85. The second-order valence-electron chi connectivity index (χ2n) is 8.33. The monoisotopic (exact) mass is 463 g/mol. The van der Waals surface area contributed by atoms with E-state index in [4.69, 9.17) is 16.3 Å². The number of ether oxygens (including phenoxy) is 1. The van der Waals surface area contributed by atoms with Gasteiger partial charge in [0.1, 0.15) is 18.1 Å². The van der Waals surface area contributed by atoms with E-state index in [1.165, 1.54) is 25.9 Å². The number of benzene rings is 2. The molecule has 1 aliphatic rings. The minimum atomic E-state index is 0.163. The fourth-order valence-corrected chi connectivity index (χ4v) is 4.37. The highest BCUT2D eigenvalue weighted by Crippen LogP contribution is 2.32. The van der Waals surface area contributed by atoms with Gasteiger partial charge < -0.3 is 15.2 Å². The number of likely N-dealkylation sites (tertiary alicyclic amines) is 1. The Hall–Kier alpha value is -3.29. The molecule has 3 heterocycles. The van der Waals surface area contributed by atoms with E-state index in [-0.39, 0.29) is 5.75 Å². The second kappa shape index (κ2) is 9.29. The van der Waals surface area contributed by atoms with Crippen molar-refractivity contribution in [2.75, 3.05) is 31.6 Å². The van der Waals surface area contributed by atoms with Crippen molar-refractivity contribution in [3.63, 3.8) is 0 Å². The smallest absolute Gasteiger partial charge is 0.247 e. The SMILES string of the molecule is Cc1cc(-c2cc(O)ccc2Cl)cn2nc(Nc3ccc(OCCN4CCCC4)cc3)nc12. The number of fused-ring (bicyclic) bond motifs is 1. The molecule has 0 atom stereocenters. The first-order valence-electron chi connectivity index (χ1n) is 11.1. The number of phenols is 1. The molecule has 0 bridgehead atoms. The summed E-state index contributed by atoms with van der Waals surface area (Å²) in [6.45, 7) is 6.01. The molecule has 0 saturated carbocycles. The lowest BCUT2D eigenvalue weighted by atomic mass is 10.1. The van der Waals surface area contributed by atoms with Crippen molar-refractivity contribution in [2.24, 2.45) is 0 Å². The van der Waals surface area contributed by atoms with Gasteiger partial charge in [0.2, 0.25) is 5.95 Å². The standard InChI is InChI=1S/C25H26ClN5O2/c1-17-14-18(22-15-20(32)6-9-23(22)26)16-31-24(17)28-25(29-31)27-19-4-7-21(8-5-19)33-13-12-30-10-2-3-11-30/h4-9,14-16,32H,2-3,10-13H2,1H3,(H,27,29). The van der Waals surface area contributed by atoms with E-state index < -0.39 is 0 Å². The van der Waals surface area contributed by atoms with Crippen molar-refractivity contribution < 1.29 is 9.84 Å². The van der Waals surface area contributed by atoms with Gasteiger partial charge in [-0.2, -0.15) is 4.98 Å². The molecule has 0 radical (unpaired) electrons. The number of pyridine rings is 1. The molecule has 1 aliphatic heterocycles. The number of hydrogen-bond donors (Lipinski definition) is 2. The molecule has 2 aromatic heterocycles. The summed E-state index contributed by atoms with van der Waals surface area (Å²) < 4.78 is 7.60. The summed E-state index contributed by atoms with van der Waals surface area (Å²) in [6, 6.07) is 14.7. The largest absolute Gasteiger partial charge is 0.508 e. The molecule has 5 rings (SSSR count). The van der Waals surface area contributed by atoms with E-state index in [2.05, 4.69) is 20.3 Å². The molecule has 4 aromatic rings. The van der Waals surface area contributed by atoms with Crippen molar-refractivity contribution in [3.8, 4) is 22.6 Å². The average molecular weight is 464 g/mol. The highest BCUT2D eigenvalue weighted by molar-refractivity contribution is 6.33. The molecule has 1 fully saturated rings. The maximum Gasteiger partial charge on any atom is 0.247 e. The van der Waals surface area contributed by atoms with Crippen LogP contribution in [-0.4, -0.2) is 50.8 Å². The minimum Gasteiger partial charge on any atom is -0.508 e. The van der Waals surface area contributed by atoms with Gasteiger partial charge in [0.15, 0.2) is 5.65 Å². The molecular formula is C25H26ClN5O2. The van der Waals surface area contributed by atoms with E-state index in [1.54, 1.807) is 22.7 Å². The van der Waals surface area contributed by atoms with Crippen LogP contribution in [0.15, 0.2) is 54.7 Å². The summed E-state index contributed by atoms with van der Waals surface area (Å²) in [5.74, 6) is 1.52. The Labute approximate surface area is 197 Å². The number of aryl methyl sites for hydroxylation is 1. The molecule has 33 heavy (non-hydrogen) atoms. The summed E-state index contributed by atoms with van der Waals surface area (Å²) in [6.07, 6.45) is 4.45. The fourth-order valence-electron chi connectivity index (χ4n) is 4.15. The van der Waals surface area contributed by atoms with Crippen LogP contribution in [-0.2, 0) is 0 Å². The van der Waals surface area contributed by atoms with E-state index in [0.717, 1.165) is 40.3 Å². The Morgan fingerprint density at radius 2 is 1.88 bits per heavy atom. The highest BCUT2D eigenvalue weighted by Gasteiger charge is 2.13. The van der Waals surface area contributed by atoms with Gasteiger partial charge in [-0.05, 0) is 86.9 Å². The summed E-state index contributed by atoms with van der Waals surface area (Å²) in [7, 11) is 0. The van der Waals surface area contributed by atoms with Crippen LogP contribution in [0.1, 0.15) is 18.4 Å². The number of aromatic nitrogens is 3. The molecule has 0 aliphatic carbocycles. The summed E-state index contributed by atoms with van der Waals surface area (Å²) in [5.41, 5.74) is 4.18. The number of anilines is 2. The van der Waals surface area contributed by atoms with Crippen LogP contribution in [0.3, 0.4) is 0 Å². The Morgan fingerprint density at radius 3 is 2.67 bits per heavy atom. The zero-order valence-electron chi connectivity index (χ0n) is 18.5. The average Bonchev–Trinajstić information content (AvgIpc) is 3.46. The molecule has 170 valence electrons. The molecule has 7 nitrogen and oxygen atoms in total. The summed E-state index contributed by atoms with van der Waals surface area (Å²) in [4.78, 5) is 7.06. The molecule has 8 heteroatoms. The third kappa shape index (κ3) is 4.89. The van der Waals surface area contributed by atoms with Gasteiger partial charge in [0.05, 0.1) is 0 Å². The zero-order valence-corrected chi connectivity index (χ0v) is 19.2. The third-order valence-electron chi connectivity index (χ3n) is 5.86. The lowest BCUT2D eigenvalue weighted by Gasteiger charge is -2.15. The lowest BCUT2D eigenvalue weighted by molar-refractivity contribution is 0.238. The fraction of sp³-hybridized carbons (Fsp3) is 0.280. The molecule has 0 unspecified atom stereocenters. The number of aromatic hydroxyl groups is 1. The van der Waals surface area contributed by atoms with Crippen molar-refractivity contribution in [1.29, 1.82) is 0 Å². The van der Waals surface area contributed by atoms with E-state index in [1.807, 2.05) is 43.5 Å². The number of halogens is 1. The lowest BCUT2D eigenvalue weighted by Crippen LogP contribution is -2.25. The van der Waals surface area contributed by atoms with Gasteiger partial charge in [-0.15, -0.1) is 5.10 Å². The van der Waals surface area contributed by atoms with Crippen LogP contribution in [0, 0.1) is 6.92 Å². The number of nitrogens with zero attached hydrogens (tertiary/aromatic N) is 4. The first-order chi connectivity index (χ1) is 16.0. The Morgan fingerprint density at radius 1 is 1.09 bits per heavy atom. The van der Waals surface area contributed by atoms with Crippen LogP contribution in [0.4, 0.5) is 11.6 Å². The summed E-state index contributed by atoms with van der Waals surface area (Å²) in [5, 5.41) is 18.2. The number of hydrogen-bond acceptors (Lipinski definition) is 6. The van der Waals surface area contributed by atoms with E-state index in [9.17, 15) is 5.11 Å². The molecule has 2 N–H and O–H groups in total. The number of rotatable bonds is 7. The minimum absolute atomic E-state index is 0.163. The summed E-state index contributed by atoms with van der Waals surface area (Å²) >= 11 is 6.34. The van der Waals surface area contributed by atoms with Gasteiger partial charge in [0.25, 0.3) is 0 Å². The van der Waals surface area contributed by atoms with Gasteiger partial charge in [-0.3, -0.25) is 4.90 Å². The second-order valence-corrected chi connectivity index (χ2v) is 8.73. The van der Waals surface area contributed by atoms with Crippen molar-refractivity contribution in [2.45, 2.75) is 19.8 Å². The Balaban J connectivity index is 1.29. The van der Waals surface area contributed by atoms with E-state index >= 15 is 0 Å². The van der Waals surface area contributed by atoms with Crippen LogP contribution >= 0.6 is 11.6 Å². The van der Waals surface area contributed by atoms with Gasteiger partial charge in [-0.25, -0.2) is 4.52 Å². The number of nitrogens with one attached hydrogen (secondary N) is 1. The topological polar surface area (TPSA) is 74.9 Å². The molecule has 2 aromatic carbocycles. The molecule has 0 amide bonds. The number of phenolic OH excluding ortho intramolecular Hbond substituents is 1. The predicted molar refractivity (Wildman–Crippen MR) is 131 cm³/mol. The Kier molecular flexibility index (Phi) is 6.07. The van der Waals surface area contributed by atoms with Crippen LogP contribution in [0.5, 0.6) is 11.5 Å². The van der Waals surface area contributed by atoms with Crippen molar-refractivity contribution >= 4 is 28.9 Å². The highest BCUT2D eigenvalue weighted by atomic mass is 35.5. The Bertz CT molecular complexity index is 1270. The first kappa shape index (κ1) is 21.6. The van der Waals surface area contributed by atoms with Gasteiger partial charge >= 0.3 is 0 Å². The maximum absolute atomic E-state index is 9.85. The third-order valence-corrected chi connectivity index (χ3v) is 6.19. The van der Waals surface area contributed by atoms with Crippen molar-refractivity contribution in [3.05, 3.63) is 65.3 Å². The predicted octanol–water partition coefficient (Wildman–Crippen LogP) is 5.28. The first-order valence-corrected chi connectivity index (χ1v) is 11.5. The normalized spacial score (nSPS) is 14.1. The van der Waals surface area contributed by atoms with Gasteiger partial charge in [-0.1, -0.05) is 11.6 Å². The quantitative estimate of drug-likeness (QED) is 0.388. The molecular weight excluding hydrogens is 438 g/mol. The van der Waals surface area contributed by atoms with Gasteiger partial charge in [0, 0.05) is 34.6 Å². The van der Waals surface area contributed by atoms with E-state index in [0.29, 0.717) is 17.6 Å². The van der Waals surface area contributed by atoms with Crippen LogP contribution < -0.4 is 10.1 Å².